The lowest BCUT2D eigenvalue weighted by Gasteiger charge is -2.08. The summed E-state index contributed by atoms with van der Waals surface area (Å²) in [5, 5.41) is 11.5. The monoisotopic (exact) mass is 435 g/mol. The number of ether oxygens (including phenoxy) is 1. The van der Waals surface area contributed by atoms with Crippen LogP contribution in [0.1, 0.15) is 25.7 Å². The Labute approximate surface area is 185 Å². The Morgan fingerprint density at radius 1 is 0.935 bits per heavy atom. The first-order valence-electron chi connectivity index (χ1n) is 10.2. The second-order valence-corrected chi connectivity index (χ2v) is 7.76. The second kappa shape index (κ2) is 9.67. The van der Waals surface area contributed by atoms with Crippen molar-refractivity contribution in [1.29, 1.82) is 0 Å². The largest absolute Gasteiger partial charge is 0.494 e. The first-order chi connectivity index (χ1) is 15.1. The third-order valence-corrected chi connectivity index (χ3v) is 5.26. The fourth-order valence-corrected chi connectivity index (χ4v) is 3.48. The molecular formula is C25H22ClNO4. The van der Waals surface area contributed by atoms with Gasteiger partial charge in [-0.3, -0.25) is 4.79 Å². The molecule has 0 fully saturated rings. The van der Waals surface area contributed by atoms with Crippen molar-refractivity contribution in [1.82, 2.24) is 4.98 Å². The topological polar surface area (TPSA) is 72.6 Å². The van der Waals surface area contributed by atoms with Crippen LogP contribution in [0.5, 0.6) is 5.75 Å². The Hall–Kier alpha value is -3.31. The molecule has 1 aromatic heterocycles. The van der Waals surface area contributed by atoms with Crippen molar-refractivity contribution in [2.24, 2.45) is 0 Å². The van der Waals surface area contributed by atoms with Crippen LogP contribution in [0.3, 0.4) is 0 Å². The fraction of sp³-hybridized carbons (Fsp3) is 0.200. The molecule has 4 rings (SSSR count). The van der Waals surface area contributed by atoms with E-state index in [0.29, 0.717) is 23.9 Å². The zero-order chi connectivity index (χ0) is 21.6. The lowest BCUT2D eigenvalue weighted by molar-refractivity contribution is -0.137. The molecule has 0 radical (unpaired) electrons. The van der Waals surface area contributed by atoms with Crippen LogP contribution in [0.15, 0.2) is 71.3 Å². The summed E-state index contributed by atoms with van der Waals surface area (Å²) in [6.07, 6.45) is 4.22. The second-order valence-electron chi connectivity index (χ2n) is 7.32. The summed E-state index contributed by atoms with van der Waals surface area (Å²) in [7, 11) is 0. The Morgan fingerprint density at radius 2 is 1.68 bits per heavy atom. The third kappa shape index (κ3) is 5.44. The highest BCUT2D eigenvalue weighted by molar-refractivity contribution is 6.30. The quantitative estimate of drug-likeness (QED) is 0.291. The average molecular weight is 436 g/mol. The molecule has 0 unspecified atom stereocenters. The minimum Gasteiger partial charge on any atom is -0.494 e. The fourth-order valence-electron chi connectivity index (χ4n) is 3.35. The van der Waals surface area contributed by atoms with Crippen molar-refractivity contribution in [3.8, 4) is 28.5 Å². The molecule has 5 nitrogen and oxygen atoms in total. The number of rotatable bonds is 9. The van der Waals surface area contributed by atoms with Gasteiger partial charge < -0.3 is 14.3 Å². The van der Waals surface area contributed by atoms with E-state index in [2.05, 4.69) is 4.98 Å². The highest BCUT2D eigenvalue weighted by Crippen LogP contribution is 2.29. The number of carbonyl (C=O) groups is 1. The highest BCUT2D eigenvalue weighted by Gasteiger charge is 2.10. The number of hydrogen-bond acceptors (Lipinski definition) is 4. The van der Waals surface area contributed by atoms with E-state index < -0.39 is 5.97 Å². The lowest BCUT2D eigenvalue weighted by atomic mass is 10.1. The minimum absolute atomic E-state index is 0.212. The molecule has 158 valence electrons. The normalized spacial score (nSPS) is 11.0. The van der Waals surface area contributed by atoms with E-state index in [-0.39, 0.29) is 6.42 Å². The first-order valence-corrected chi connectivity index (χ1v) is 10.6. The summed E-state index contributed by atoms with van der Waals surface area (Å²) in [6, 6.07) is 19.5. The van der Waals surface area contributed by atoms with Gasteiger partial charge in [0.2, 0.25) is 5.89 Å². The molecule has 3 aromatic carbocycles. The molecule has 4 aromatic rings. The van der Waals surface area contributed by atoms with Crippen LogP contribution >= 0.6 is 11.6 Å². The zero-order valence-electron chi connectivity index (χ0n) is 16.9. The Morgan fingerprint density at radius 3 is 2.48 bits per heavy atom. The van der Waals surface area contributed by atoms with Crippen molar-refractivity contribution >= 4 is 28.3 Å². The van der Waals surface area contributed by atoms with Gasteiger partial charge in [-0.15, -0.1) is 0 Å². The van der Waals surface area contributed by atoms with Gasteiger partial charge in [0.1, 0.15) is 17.7 Å². The Balaban J connectivity index is 1.41. The standard InChI is InChI=1S/C25H22ClNO4/c26-21-10-7-17(8-11-21)23-16-31-25(27-23)20-6-5-19-15-22(12-9-18(19)14-20)30-13-3-1-2-4-24(28)29/h5-12,14-16H,1-4,13H2,(H,28,29). The van der Waals surface area contributed by atoms with Gasteiger partial charge in [-0.1, -0.05) is 35.9 Å². The lowest BCUT2D eigenvalue weighted by Crippen LogP contribution is -1.99. The van der Waals surface area contributed by atoms with Crippen LogP contribution in [0.4, 0.5) is 0 Å². The molecule has 0 aliphatic carbocycles. The van der Waals surface area contributed by atoms with Crippen LogP contribution in [-0.2, 0) is 4.79 Å². The van der Waals surface area contributed by atoms with Gasteiger partial charge in [-0.25, -0.2) is 4.98 Å². The van der Waals surface area contributed by atoms with Crippen molar-refractivity contribution < 1.29 is 19.1 Å². The minimum atomic E-state index is -0.749. The Bertz CT molecular complexity index is 1180. The van der Waals surface area contributed by atoms with Crippen molar-refractivity contribution in [2.45, 2.75) is 25.7 Å². The van der Waals surface area contributed by atoms with E-state index in [1.807, 2.05) is 60.7 Å². The molecule has 1 N–H and O–H groups in total. The van der Waals surface area contributed by atoms with Gasteiger partial charge in [-0.05, 0) is 66.4 Å². The van der Waals surface area contributed by atoms with E-state index in [0.717, 1.165) is 46.2 Å². The number of unbranched alkanes of at least 4 members (excludes halogenated alkanes) is 2. The summed E-state index contributed by atoms with van der Waals surface area (Å²) in [5.74, 6) is 0.619. The van der Waals surface area contributed by atoms with Gasteiger partial charge in [0.15, 0.2) is 0 Å². The number of fused-ring (bicyclic) bond motifs is 1. The van der Waals surface area contributed by atoms with Crippen molar-refractivity contribution in [3.63, 3.8) is 0 Å². The SMILES string of the molecule is O=C(O)CCCCCOc1ccc2cc(-c3nc(-c4ccc(Cl)cc4)co3)ccc2c1. The predicted molar refractivity (Wildman–Crippen MR) is 121 cm³/mol. The van der Waals surface area contributed by atoms with Gasteiger partial charge >= 0.3 is 5.97 Å². The van der Waals surface area contributed by atoms with Gasteiger partial charge in [0.25, 0.3) is 0 Å². The van der Waals surface area contributed by atoms with E-state index in [1.165, 1.54) is 0 Å². The summed E-state index contributed by atoms with van der Waals surface area (Å²) in [6.45, 7) is 0.576. The molecule has 0 saturated heterocycles. The number of aliphatic carboxylic acids is 1. The van der Waals surface area contributed by atoms with Crippen LogP contribution in [-0.4, -0.2) is 22.7 Å². The molecule has 0 atom stereocenters. The highest BCUT2D eigenvalue weighted by atomic mass is 35.5. The molecule has 0 aliphatic rings. The summed E-state index contributed by atoms with van der Waals surface area (Å²) < 4.78 is 11.5. The van der Waals surface area contributed by atoms with Crippen LogP contribution in [0.2, 0.25) is 5.02 Å². The number of benzene rings is 3. The number of carboxylic acids is 1. The predicted octanol–water partition coefficient (Wildman–Crippen LogP) is 6.84. The third-order valence-electron chi connectivity index (χ3n) is 5.01. The van der Waals surface area contributed by atoms with Crippen LogP contribution < -0.4 is 4.74 Å². The van der Waals surface area contributed by atoms with Crippen LogP contribution in [0.25, 0.3) is 33.5 Å². The molecule has 0 bridgehead atoms. The summed E-state index contributed by atoms with van der Waals surface area (Å²) >= 11 is 5.95. The van der Waals surface area contributed by atoms with E-state index in [4.69, 9.17) is 25.9 Å². The molecule has 0 spiro atoms. The van der Waals surface area contributed by atoms with Gasteiger partial charge in [0, 0.05) is 22.6 Å². The maximum Gasteiger partial charge on any atom is 0.303 e. The maximum absolute atomic E-state index is 10.5. The molecule has 0 saturated carbocycles. The van der Waals surface area contributed by atoms with E-state index in [9.17, 15) is 4.79 Å². The van der Waals surface area contributed by atoms with Crippen LogP contribution in [0, 0.1) is 0 Å². The Kier molecular flexibility index (Phi) is 6.53. The molecule has 1 heterocycles. The molecular weight excluding hydrogens is 414 g/mol. The van der Waals surface area contributed by atoms with E-state index >= 15 is 0 Å². The van der Waals surface area contributed by atoms with E-state index in [1.54, 1.807) is 6.26 Å². The van der Waals surface area contributed by atoms with Gasteiger partial charge in [0.05, 0.1) is 6.61 Å². The number of carboxylic acid groups (broad SMARTS) is 1. The summed E-state index contributed by atoms with van der Waals surface area (Å²) in [4.78, 5) is 15.1. The first kappa shape index (κ1) is 20.9. The number of aromatic nitrogens is 1. The molecule has 6 heteroatoms. The zero-order valence-corrected chi connectivity index (χ0v) is 17.6. The van der Waals surface area contributed by atoms with Crippen molar-refractivity contribution in [2.75, 3.05) is 6.61 Å². The number of halogens is 1. The number of hydrogen-bond donors (Lipinski definition) is 1. The van der Waals surface area contributed by atoms with Crippen molar-refractivity contribution in [3.05, 3.63) is 71.9 Å². The molecule has 31 heavy (non-hydrogen) atoms. The maximum atomic E-state index is 10.5. The van der Waals surface area contributed by atoms with Gasteiger partial charge in [-0.2, -0.15) is 0 Å². The average Bonchev–Trinajstić information content (AvgIpc) is 3.26. The molecule has 0 amide bonds. The number of nitrogens with zero attached hydrogens (tertiary/aromatic N) is 1. The molecule has 0 aliphatic heterocycles. The number of oxazole rings is 1. The summed E-state index contributed by atoms with van der Waals surface area (Å²) in [5.41, 5.74) is 2.61. The smallest absolute Gasteiger partial charge is 0.303 e.